The summed E-state index contributed by atoms with van der Waals surface area (Å²) in [6.07, 6.45) is 0. The van der Waals surface area contributed by atoms with Crippen LogP contribution in [0.5, 0.6) is 0 Å². The molecule has 0 saturated heterocycles. The Hall–Kier alpha value is -1.66. The van der Waals surface area contributed by atoms with Gasteiger partial charge in [-0.3, -0.25) is 0 Å². The third kappa shape index (κ3) is 3.54. The lowest BCUT2D eigenvalue weighted by Crippen LogP contribution is -2.14. The average molecular weight is 367 g/mol. The number of benzene rings is 2. The van der Waals surface area contributed by atoms with Gasteiger partial charge in [0.05, 0.1) is 20.3 Å². The third-order valence-corrected chi connectivity index (χ3v) is 8.28. The van der Waals surface area contributed by atoms with Gasteiger partial charge in [-0.15, -0.1) is 0 Å². The fourth-order valence-corrected chi connectivity index (χ4v) is 4.34. The van der Waals surface area contributed by atoms with Gasteiger partial charge in [0.15, 0.2) is 19.7 Å². The Bertz CT molecular complexity index is 826. The van der Waals surface area contributed by atoms with Crippen molar-refractivity contribution in [1.82, 2.24) is 0 Å². The van der Waals surface area contributed by atoms with E-state index in [0.29, 0.717) is 9.79 Å². The van der Waals surface area contributed by atoms with Crippen LogP contribution in [-0.4, -0.2) is 27.3 Å². The minimum absolute atomic E-state index is 0.292. The van der Waals surface area contributed by atoms with Crippen molar-refractivity contribution in [2.75, 3.05) is 0 Å². The maximum Gasteiger partial charge on any atom is 0.180 e. The van der Waals surface area contributed by atoms with Crippen LogP contribution in [0.2, 0.25) is 0 Å². The third-order valence-electron chi connectivity index (χ3n) is 3.94. The highest BCUT2D eigenvalue weighted by Crippen LogP contribution is 2.25. The van der Waals surface area contributed by atoms with Gasteiger partial charge in [-0.2, -0.15) is 0 Å². The fourth-order valence-electron chi connectivity index (χ4n) is 2.22. The highest BCUT2D eigenvalue weighted by Gasteiger charge is 2.20. The standard InChI is InChI=1S/C18H22O4S2/c1-13(2)23(19,20)17-9-5-15(6-10-17)16-7-11-18(12-8-16)24(21,22)14(3)4/h5-14H,1-4H3. The zero-order valence-electron chi connectivity index (χ0n) is 14.2. The van der Waals surface area contributed by atoms with E-state index >= 15 is 0 Å². The van der Waals surface area contributed by atoms with Crippen LogP contribution in [0.15, 0.2) is 58.3 Å². The van der Waals surface area contributed by atoms with Crippen LogP contribution in [0.25, 0.3) is 11.1 Å². The fraction of sp³-hybridized carbons (Fsp3) is 0.333. The summed E-state index contributed by atoms with van der Waals surface area (Å²) in [6, 6.07) is 13.3. The van der Waals surface area contributed by atoms with E-state index in [2.05, 4.69) is 0 Å². The van der Waals surface area contributed by atoms with E-state index in [-0.39, 0.29) is 0 Å². The Balaban J connectivity index is 2.34. The van der Waals surface area contributed by atoms with Crippen molar-refractivity contribution in [2.45, 2.75) is 48.0 Å². The Labute approximate surface area is 144 Å². The Morgan fingerprint density at radius 3 is 1.00 bits per heavy atom. The molecule has 24 heavy (non-hydrogen) atoms. The van der Waals surface area contributed by atoms with Gasteiger partial charge < -0.3 is 0 Å². The molecular weight excluding hydrogens is 344 g/mol. The molecule has 0 atom stereocenters. The topological polar surface area (TPSA) is 68.3 Å². The van der Waals surface area contributed by atoms with Gasteiger partial charge in [0.2, 0.25) is 0 Å². The van der Waals surface area contributed by atoms with Gasteiger partial charge in [-0.25, -0.2) is 16.8 Å². The Kier molecular flexibility index (Phi) is 5.20. The SMILES string of the molecule is CC(C)S(=O)(=O)c1ccc(-c2ccc(S(=O)(=O)C(C)C)cc2)cc1. The largest absolute Gasteiger partial charge is 0.223 e. The van der Waals surface area contributed by atoms with Crippen LogP contribution >= 0.6 is 0 Å². The molecule has 2 aromatic rings. The van der Waals surface area contributed by atoms with Crippen LogP contribution < -0.4 is 0 Å². The molecule has 130 valence electrons. The number of rotatable bonds is 5. The summed E-state index contributed by atoms with van der Waals surface area (Å²) in [7, 11) is -6.58. The number of sulfone groups is 2. The van der Waals surface area contributed by atoms with E-state index in [0.717, 1.165) is 11.1 Å². The van der Waals surface area contributed by atoms with Gasteiger partial charge in [0, 0.05) is 0 Å². The molecule has 0 aromatic heterocycles. The van der Waals surface area contributed by atoms with Crippen LogP contribution in [0.1, 0.15) is 27.7 Å². The molecule has 6 heteroatoms. The van der Waals surface area contributed by atoms with Crippen molar-refractivity contribution in [3.8, 4) is 11.1 Å². The van der Waals surface area contributed by atoms with Gasteiger partial charge in [0.1, 0.15) is 0 Å². The van der Waals surface area contributed by atoms with Crippen molar-refractivity contribution in [1.29, 1.82) is 0 Å². The van der Waals surface area contributed by atoms with Crippen molar-refractivity contribution in [3.63, 3.8) is 0 Å². The first-order chi connectivity index (χ1) is 11.1. The van der Waals surface area contributed by atoms with E-state index in [1.165, 1.54) is 0 Å². The Morgan fingerprint density at radius 1 is 0.542 bits per heavy atom. The molecule has 0 spiro atoms. The second-order valence-electron chi connectivity index (χ2n) is 6.24. The molecule has 0 heterocycles. The molecule has 0 aliphatic heterocycles. The molecule has 0 aliphatic carbocycles. The molecule has 0 saturated carbocycles. The quantitative estimate of drug-likeness (QED) is 0.809. The van der Waals surface area contributed by atoms with Crippen molar-refractivity contribution >= 4 is 19.7 Å². The molecule has 0 unspecified atom stereocenters. The predicted octanol–water partition coefficient (Wildman–Crippen LogP) is 3.72. The smallest absolute Gasteiger partial charge is 0.180 e. The number of hydrogen-bond acceptors (Lipinski definition) is 4. The molecule has 0 fully saturated rings. The summed E-state index contributed by atoms with van der Waals surface area (Å²) in [4.78, 5) is 0.584. The van der Waals surface area contributed by atoms with Crippen LogP contribution in [0.3, 0.4) is 0 Å². The Morgan fingerprint density at radius 2 is 0.792 bits per heavy atom. The second-order valence-corrected chi connectivity index (χ2v) is 11.2. The van der Waals surface area contributed by atoms with E-state index in [4.69, 9.17) is 0 Å². The normalized spacial score (nSPS) is 12.8. The lowest BCUT2D eigenvalue weighted by Gasteiger charge is -2.10. The second kappa shape index (κ2) is 6.69. The molecule has 0 amide bonds. The first-order valence-corrected chi connectivity index (χ1v) is 10.8. The monoisotopic (exact) mass is 366 g/mol. The summed E-state index contributed by atoms with van der Waals surface area (Å²) in [5.74, 6) is 0. The lowest BCUT2D eigenvalue weighted by atomic mass is 10.1. The zero-order chi connectivity index (χ0) is 18.1. The van der Waals surface area contributed by atoms with E-state index < -0.39 is 30.2 Å². The maximum absolute atomic E-state index is 12.1. The van der Waals surface area contributed by atoms with Crippen LogP contribution in [0, 0.1) is 0 Å². The molecule has 0 bridgehead atoms. The first kappa shape index (κ1) is 18.7. The number of hydrogen-bond donors (Lipinski definition) is 0. The summed E-state index contributed by atoms with van der Waals surface area (Å²) in [6.45, 7) is 6.60. The summed E-state index contributed by atoms with van der Waals surface area (Å²) in [5, 5.41) is -0.937. The molecule has 0 aliphatic rings. The minimum Gasteiger partial charge on any atom is -0.223 e. The zero-order valence-corrected chi connectivity index (χ0v) is 15.9. The van der Waals surface area contributed by atoms with E-state index in [9.17, 15) is 16.8 Å². The minimum atomic E-state index is -3.29. The molecule has 0 N–H and O–H groups in total. The predicted molar refractivity (Wildman–Crippen MR) is 96.5 cm³/mol. The average Bonchev–Trinajstić information content (AvgIpc) is 2.54. The van der Waals surface area contributed by atoms with E-state index in [1.807, 2.05) is 0 Å². The molecule has 2 rings (SSSR count). The van der Waals surface area contributed by atoms with Gasteiger partial charge in [-0.05, 0) is 63.1 Å². The molecule has 2 aromatic carbocycles. The maximum atomic E-state index is 12.1. The van der Waals surface area contributed by atoms with Crippen molar-refractivity contribution in [2.24, 2.45) is 0 Å². The van der Waals surface area contributed by atoms with Crippen molar-refractivity contribution in [3.05, 3.63) is 48.5 Å². The summed E-state index contributed by atoms with van der Waals surface area (Å²) < 4.78 is 48.5. The molecular formula is C18H22O4S2. The van der Waals surface area contributed by atoms with Gasteiger partial charge >= 0.3 is 0 Å². The van der Waals surface area contributed by atoms with Crippen molar-refractivity contribution < 1.29 is 16.8 Å². The van der Waals surface area contributed by atoms with E-state index in [1.54, 1.807) is 76.2 Å². The first-order valence-electron chi connectivity index (χ1n) is 7.75. The van der Waals surface area contributed by atoms with Crippen LogP contribution in [-0.2, 0) is 19.7 Å². The van der Waals surface area contributed by atoms with Gasteiger partial charge in [-0.1, -0.05) is 24.3 Å². The summed E-state index contributed by atoms with van der Waals surface area (Å²) in [5.41, 5.74) is 1.68. The lowest BCUT2D eigenvalue weighted by molar-refractivity contribution is 0.586. The molecule has 4 nitrogen and oxygen atoms in total. The highest BCUT2D eigenvalue weighted by atomic mass is 32.2. The molecule has 0 radical (unpaired) electrons. The van der Waals surface area contributed by atoms with Gasteiger partial charge in [0.25, 0.3) is 0 Å². The summed E-state index contributed by atoms with van der Waals surface area (Å²) >= 11 is 0. The highest BCUT2D eigenvalue weighted by molar-refractivity contribution is 7.92. The van der Waals surface area contributed by atoms with Crippen LogP contribution in [0.4, 0.5) is 0 Å².